The van der Waals surface area contributed by atoms with E-state index in [1.54, 1.807) is 47.0 Å². The van der Waals surface area contributed by atoms with Crippen LogP contribution in [0, 0.1) is 11.6 Å². The molecule has 5 rings (SSSR count). The lowest BCUT2D eigenvalue weighted by Crippen LogP contribution is -2.17. The number of carbonyl (C=O) groups excluding carboxylic acids is 2. The minimum atomic E-state index is -0.404. The number of fused-ring (bicyclic) bond motifs is 2. The lowest BCUT2D eigenvalue weighted by atomic mass is 10.1. The number of aromatic nitrogens is 1. The van der Waals surface area contributed by atoms with Crippen LogP contribution in [0.1, 0.15) is 21.6 Å². The van der Waals surface area contributed by atoms with Gasteiger partial charge in [-0.3, -0.25) is 9.59 Å². The van der Waals surface area contributed by atoms with E-state index in [1.807, 2.05) is 0 Å². The Hall–Kier alpha value is -4.00. The van der Waals surface area contributed by atoms with Gasteiger partial charge in [0.1, 0.15) is 17.3 Å². The van der Waals surface area contributed by atoms with Gasteiger partial charge in [-0.05, 0) is 65.7 Å². The zero-order chi connectivity index (χ0) is 21.5. The van der Waals surface area contributed by atoms with Crippen LogP contribution in [-0.4, -0.2) is 16.4 Å². The molecular formula is C24H17F2N3O2. The SMILES string of the molecule is O=C1Cc2cc(NC(=O)c3cc4cc(F)ccc4n3Cc3cccc(F)c3)ccc2N1. The van der Waals surface area contributed by atoms with Crippen molar-refractivity contribution < 1.29 is 18.4 Å². The minimum Gasteiger partial charge on any atom is -0.332 e. The fraction of sp³-hybridized carbons (Fsp3) is 0.0833. The van der Waals surface area contributed by atoms with Crippen molar-refractivity contribution in [2.24, 2.45) is 0 Å². The summed E-state index contributed by atoms with van der Waals surface area (Å²) in [6, 6.07) is 17.3. The second kappa shape index (κ2) is 7.36. The van der Waals surface area contributed by atoms with Gasteiger partial charge in [0.2, 0.25) is 5.91 Å². The van der Waals surface area contributed by atoms with Gasteiger partial charge < -0.3 is 15.2 Å². The molecule has 0 bridgehead atoms. The summed E-state index contributed by atoms with van der Waals surface area (Å²) in [5, 5.41) is 6.18. The van der Waals surface area contributed by atoms with Crippen molar-refractivity contribution in [3.63, 3.8) is 0 Å². The van der Waals surface area contributed by atoms with Crippen LogP contribution < -0.4 is 10.6 Å². The largest absolute Gasteiger partial charge is 0.332 e. The molecule has 0 spiro atoms. The Labute approximate surface area is 176 Å². The lowest BCUT2D eigenvalue weighted by Gasteiger charge is -2.12. The molecule has 0 aliphatic carbocycles. The first-order valence-corrected chi connectivity index (χ1v) is 9.74. The third kappa shape index (κ3) is 3.66. The number of hydrogen-bond acceptors (Lipinski definition) is 2. The van der Waals surface area contributed by atoms with Crippen molar-refractivity contribution >= 4 is 34.1 Å². The van der Waals surface area contributed by atoms with E-state index in [9.17, 15) is 18.4 Å². The molecule has 154 valence electrons. The molecule has 1 aliphatic heterocycles. The van der Waals surface area contributed by atoms with Gasteiger partial charge in [-0.1, -0.05) is 12.1 Å². The summed E-state index contributed by atoms with van der Waals surface area (Å²) >= 11 is 0. The zero-order valence-electron chi connectivity index (χ0n) is 16.3. The van der Waals surface area contributed by atoms with E-state index in [2.05, 4.69) is 10.6 Å². The third-order valence-corrected chi connectivity index (χ3v) is 5.31. The Morgan fingerprint density at radius 1 is 1.00 bits per heavy atom. The van der Waals surface area contributed by atoms with E-state index >= 15 is 0 Å². The summed E-state index contributed by atoms with van der Waals surface area (Å²) in [6.07, 6.45) is 0.262. The molecule has 2 N–H and O–H groups in total. The van der Waals surface area contributed by atoms with Gasteiger partial charge in [0.05, 0.1) is 6.42 Å². The molecule has 5 nitrogen and oxygen atoms in total. The number of halogens is 2. The number of nitrogens with one attached hydrogen (secondary N) is 2. The highest BCUT2D eigenvalue weighted by Gasteiger charge is 2.20. The topological polar surface area (TPSA) is 63.1 Å². The second-order valence-corrected chi connectivity index (χ2v) is 7.50. The van der Waals surface area contributed by atoms with E-state index in [-0.39, 0.29) is 30.6 Å². The van der Waals surface area contributed by atoms with Gasteiger partial charge in [0.15, 0.2) is 0 Å². The highest BCUT2D eigenvalue weighted by Crippen LogP contribution is 2.27. The summed E-state index contributed by atoms with van der Waals surface area (Å²) in [7, 11) is 0. The molecule has 1 aromatic heterocycles. The van der Waals surface area contributed by atoms with Crippen LogP contribution >= 0.6 is 0 Å². The number of amides is 2. The molecule has 1 aliphatic rings. The first kappa shape index (κ1) is 19.0. The van der Waals surface area contributed by atoms with Gasteiger partial charge in [-0.2, -0.15) is 0 Å². The molecule has 3 aromatic carbocycles. The van der Waals surface area contributed by atoms with Crippen molar-refractivity contribution in [3.05, 3.63) is 95.2 Å². The predicted molar refractivity (Wildman–Crippen MR) is 114 cm³/mol. The molecule has 0 fully saturated rings. The monoisotopic (exact) mass is 417 g/mol. The predicted octanol–water partition coefficient (Wildman–Crippen LogP) is 4.71. The molecule has 0 saturated carbocycles. The molecule has 2 heterocycles. The quantitative estimate of drug-likeness (QED) is 0.505. The Morgan fingerprint density at radius 3 is 2.68 bits per heavy atom. The summed E-state index contributed by atoms with van der Waals surface area (Å²) in [5.41, 5.74) is 3.76. The molecular weight excluding hydrogens is 400 g/mol. The van der Waals surface area contributed by atoms with E-state index in [1.165, 1.54) is 24.3 Å². The van der Waals surface area contributed by atoms with Crippen molar-refractivity contribution in [1.82, 2.24) is 4.57 Å². The van der Waals surface area contributed by atoms with Crippen LogP contribution in [0.25, 0.3) is 10.9 Å². The number of carbonyl (C=O) groups is 2. The van der Waals surface area contributed by atoms with E-state index < -0.39 is 5.82 Å². The lowest BCUT2D eigenvalue weighted by molar-refractivity contribution is -0.115. The van der Waals surface area contributed by atoms with Crippen molar-refractivity contribution in [3.8, 4) is 0 Å². The molecule has 0 saturated heterocycles. The molecule has 0 unspecified atom stereocenters. The van der Waals surface area contributed by atoms with Crippen LogP contribution in [-0.2, 0) is 17.8 Å². The fourth-order valence-corrected chi connectivity index (χ4v) is 3.92. The summed E-state index contributed by atoms with van der Waals surface area (Å²) in [5.74, 6) is -1.24. The van der Waals surface area contributed by atoms with E-state index in [0.717, 1.165) is 11.3 Å². The average molecular weight is 417 g/mol. The maximum atomic E-state index is 13.8. The smallest absolute Gasteiger partial charge is 0.272 e. The summed E-state index contributed by atoms with van der Waals surface area (Å²) < 4.78 is 29.2. The van der Waals surface area contributed by atoms with Crippen LogP contribution in [0.2, 0.25) is 0 Å². The highest BCUT2D eigenvalue weighted by atomic mass is 19.1. The maximum absolute atomic E-state index is 13.8. The minimum absolute atomic E-state index is 0.0873. The third-order valence-electron chi connectivity index (χ3n) is 5.31. The van der Waals surface area contributed by atoms with Gasteiger partial charge >= 0.3 is 0 Å². The normalized spacial score (nSPS) is 12.6. The Bertz CT molecular complexity index is 1360. The van der Waals surface area contributed by atoms with Crippen LogP contribution in [0.4, 0.5) is 20.2 Å². The summed E-state index contributed by atoms with van der Waals surface area (Å²) in [4.78, 5) is 24.7. The van der Waals surface area contributed by atoms with E-state index in [0.29, 0.717) is 27.8 Å². The molecule has 4 aromatic rings. The molecule has 0 atom stereocenters. The van der Waals surface area contributed by atoms with Crippen LogP contribution in [0.15, 0.2) is 66.7 Å². The van der Waals surface area contributed by atoms with Crippen LogP contribution in [0.3, 0.4) is 0 Å². The average Bonchev–Trinajstić information content (AvgIpc) is 3.27. The van der Waals surface area contributed by atoms with Gasteiger partial charge in [0, 0.05) is 28.8 Å². The number of benzene rings is 3. The van der Waals surface area contributed by atoms with Crippen LogP contribution in [0.5, 0.6) is 0 Å². The molecule has 7 heteroatoms. The molecule has 31 heavy (non-hydrogen) atoms. The fourth-order valence-electron chi connectivity index (χ4n) is 3.92. The Morgan fingerprint density at radius 2 is 1.84 bits per heavy atom. The Kier molecular flexibility index (Phi) is 4.51. The number of rotatable bonds is 4. The number of anilines is 2. The summed E-state index contributed by atoms with van der Waals surface area (Å²) in [6.45, 7) is 0.248. The molecule has 0 radical (unpaired) electrons. The first-order valence-electron chi connectivity index (χ1n) is 9.74. The first-order chi connectivity index (χ1) is 15.0. The van der Waals surface area contributed by atoms with Gasteiger partial charge in [-0.15, -0.1) is 0 Å². The highest BCUT2D eigenvalue weighted by molar-refractivity contribution is 6.07. The standard InChI is InChI=1S/C24H17F2N3O2/c25-17-3-1-2-14(8-17)13-29-21-7-4-18(26)9-16(21)11-22(29)24(31)27-19-5-6-20-15(10-19)12-23(30)28-20/h1-11H,12-13H2,(H,27,31)(H,28,30). The van der Waals surface area contributed by atoms with Crippen molar-refractivity contribution in [2.45, 2.75) is 13.0 Å². The van der Waals surface area contributed by atoms with E-state index in [4.69, 9.17) is 0 Å². The van der Waals surface area contributed by atoms with Crippen molar-refractivity contribution in [2.75, 3.05) is 10.6 Å². The number of nitrogens with zero attached hydrogens (tertiary/aromatic N) is 1. The van der Waals surface area contributed by atoms with Gasteiger partial charge in [0.25, 0.3) is 5.91 Å². The second-order valence-electron chi connectivity index (χ2n) is 7.50. The molecule has 2 amide bonds. The Balaban J connectivity index is 1.52. The zero-order valence-corrected chi connectivity index (χ0v) is 16.3. The van der Waals surface area contributed by atoms with Gasteiger partial charge in [-0.25, -0.2) is 8.78 Å². The number of hydrogen-bond donors (Lipinski definition) is 2. The maximum Gasteiger partial charge on any atom is 0.272 e. The van der Waals surface area contributed by atoms with Crippen molar-refractivity contribution in [1.29, 1.82) is 0 Å².